The zero-order chi connectivity index (χ0) is 23.8. The van der Waals surface area contributed by atoms with Gasteiger partial charge >= 0.3 is 0 Å². The maximum atomic E-state index is 14.2. The van der Waals surface area contributed by atoms with Gasteiger partial charge in [0, 0.05) is 31.7 Å². The highest BCUT2D eigenvalue weighted by Gasteiger charge is 2.32. The molecule has 1 fully saturated rings. The van der Waals surface area contributed by atoms with Gasteiger partial charge in [0.2, 0.25) is 0 Å². The van der Waals surface area contributed by atoms with Gasteiger partial charge in [-0.15, -0.1) is 0 Å². The summed E-state index contributed by atoms with van der Waals surface area (Å²) < 4.78 is 25.9. The lowest BCUT2D eigenvalue weighted by Crippen LogP contribution is -2.55. The number of piperazine rings is 1. The van der Waals surface area contributed by atoms with Crippen LogP contribution in [-0.4, -0.2) is 54.3 Å². The zero-order valence-electron chi connectivity index (χ0n) is 19.4. The second-order valence-corrected chi connectivity index (χ2v) is 8.64. The maximum absolute atomic E-state index is 14.2. The van der Waals surface area contributed by atoms with Gasteiger partial charge in [0.1, 0.15) is 28.8 Å². The van der Waals surface area contributed by atoms with Crippen LogP contribution in [0.15, 0.2) is 65.7 Å². The van der Waals surface area contributed by atoms with Gasteiger partial charge in [0.25, 0.3) is 5.91 Å². The Morgan fingerprint density at radius 1 is 1.09 bits per heavy atom. The highest BCUT2D eigenvalue weighted by atomic mass is 19.1. The second-order valence-electron chi connectivity index (χ2n) is 8.64. The minimum Gasteiger partial charge on any atom is -0.497 e. The lowest BCUT2D eigenvalue weighted by molar-refractivity contribution is 0.0576. The summed E-state index contributed by atoms with van der Waals surface area (Å²) in [5.74, 6) is 2.04. The summed E-state index contributed by atoms with van der Waals surface area (Å²) >= 11 is 0. The van der Waals surface area contributed by atoms with Gasteiger partial charge in [-0.25, -0.2) is 9.38 Å². The van der Waals surface area contributed by atoms with Gasteiger partial charge in [0.05, 0.1) is 18.2 Å². The summed E-state index contributed by atoms with van der Waals surface area (Å²) in [5.41, 5.74) is 2.78. The molecule has 1 saturated heterocycles. The van der Waals surface area contributed by atoms with E-state index in [0.29, 0.717) is 36.9 Å². The summed E-state index contributed by atoms with van der Waals surface area (Å²) in [4.78, 5) is 21.9. The lowest BCUT2D eigenvalue weighted by Gasteiger charge is -2.41. The van der Waals surface area contributed by atoms with Crippen molar-refractivity contribution >= 4 is 17.4 Å². The van der Waals surface area contributed by atoms with E-state index in [0.717, 1.165) is 22.6 Å². The topological polar surface area (TPSA) is 54.4 Å². The van der Waals surface area contributed by atoms with Crippen LogP contribution in [0.1, 0.15) is 28.4 Å². The lowest BCUT2D eigenvalue weighted by atomic mass is 10.1. The van der Waals surface area contributed by atoms with Crippen LogP contribution in [0.3, 0.4) is 0 Å². The Kier molecular flexibility index (Phi) is 5.69. The number of nitrogens with zero attached hydrogens (tertiary/aromatic N) is 3. The number of methoxy groups -OCH3 is 1. The third kappa shape index (κ3) is 3.98. The van der Waals surface area contributed by atoms with Crippen LogP contribution in [0, 0.1) is 12.7 Å². The number of rotatable bonds is 2. The van der Waals surface area contributed by atoms with Crippen molar-refractivity contribution in [2.24, 2.45) is 4.99 Å². The fourth-order valence-electron chi connectivity index (χ4n) is 4.47. The minimum absolute atomic E-state index is 0.102. The summed E-state index contributed by atoms with van der Waals surface area (Å²) in [6, 6.07) is 17.6. The third-order valence-corrected chi connectivity index (χ3v) is 6.28. The van der Waals surface area contributed by atoms with Crippen molar-refractivity contribution in [2.45, 2.75) is 19.9 Å². The van der Waals surface area contributed by atoms with E-state index < -0.39 is 5.82 Å². The molecule has 1 amide bonds. The molecule has 0 radical (unpaired) electrons. The van der Waals surface area contributed by atoms with Gasteiger partial charge < -0.3 is 19.3 Å². The largest absolute Gasteiger partial charge is 0.497 e. The quantitative estimate of drug-likeness (QED) is 0.530. The van der Waals surface area contributed by atoms with E-state index in [9.17, 15) is 9.18 Å². The van der Waals surface area contributed by atoms with E-state index in [-0.39, 0.29) is 17.5 Å². The first-order valence-electron chi connectivity index (χ1n) is 11.3. The van der Waals surface area contributed by atoms with Crippen LogP contribution < -0.4 is 9.47 Å². The van der Waals surface area contributed by atoms with E-state index >= 15 is 0 Å². The number of carbonyl (C=O) groups is 1. The standard InChI is InChI=1S/C27H26FN3O3/c1-17-8-11-23-25(14-17)34-24-15-19(33-3)9-10-21(24)26(29-23)30-12-13-31(18(2)16-30)27(32)20-6-4-5-7-22(20)28/h4-11,14-15,18H,12-13,16H2,1-3H3/t18-/m1/s1. The van der Waals surface area contributed by atoms with Crippen LogP contribution in [0.5, 0.6) is 17.2 Å². The molecular weight excluding hydrogens is 433 g/mol. The van der Waals surface area contributed by atoms with Crippen molar-refractivity contribution in [2.75, 3.05) is 26.7 Å². The fraction of sp³-hybridized carbons (Fsp3) is 0.259. The summed E-state index contributed by atoms with van der Waals surface area (Å²) in [7, 11) is 1.62. The normalized spacial score (nSPS) is 17.2. The number of fused-ring (bicyclic) bond motifs is 2. The van der Waals surface area contributed by atoms with Crippen molar-refractivity contribution < 1.29 is 18.7 Å². The van der Waals surface area contributed by atoms with E-state index in [1.807, 2.05) is 50.2 Å². The second kappa shape index (κ2) is 8.82. The average molecular weight is 460 g/mol. The van der Waals surface area contributed by atoms with E-state index in [2.05, 4.69) is 4.90 Å². The Hall–Kier alpha value is -3.87. The molecule has 174 valence electrons. The molecule has 0 spiro atoms. The molecule has 34 heavy (non-hydrogen) atoms. The van der Waals surface area contributed by atoms with Crippen LogP contribution in [-0.2, 0) is 0 Å². The van der Waals surface area contributed by atoms with Crippen molar-refractivity contribution in [1.82, 2.24) is 9.80 Å². The Labute approximate surface area is 198 Å². The molecule has 0 aliphatic carbocycles. The van der Waals surface area contributed by atoms with Crippen LogP contribution in [0.25, 0.3) is 0 Å². The summed E-state index contributed by atoms with van der Waals surface area (Å²) in [6.07, 6.45) is 0. The third-order valence-electron chi connectivity index (χ3n) is 6.28. The molecule has 3 aromatic rings. The molecular formula is C27H26FN3O3. The molecule has 0 aromatic heterocycles. The molecule has 7 heteroatoms. The average Bonchev–Trinajstić information content (AvgIpc) is 2.99. The van der Waals surface area contributed by atoms with Gasteiger partial charge in [-0.3, -0.25) is 4.79 Å². The number of benzene rings is 3. The van der Waals surface area contributed by atoms with Gasteiger partial charge in [0.15, 0.2) is 5.75 Å². The first-order valence-corrected chi connectivity index (χ1v) is 11.3. The number of carbonyl (C=O) groups excluding carboxylic acids is 1. The smallest absolute Gasteiger partial charge is 0.257 e. The number of hydrogen-bond acceptors (Lipinski definition) is 5. The van der Waals surface area contributed by atoms with Crippen molar-refractivity contribution in [3.8, 4) is 17.2 Å². The van der Waals surface area contributed by atoms with Gasteiger partial charge in [-0.2, -0.15) is 0 Å². The Morgan fingerprint density at radius 3 is 2.68 bits per heavy atom. The number of halogens is 1. The van der Waals surface area contributed by atoms with Crippen LogP contribution >= 0.6 is 0 Å². The van der Waals surface area contributed by atoms with E-state index in [1.54, 1.807) is 24.1 Å². The molecule has 3 aromatic carbocycles. The molecule has 2 aliphatic heterocycles. The Morgan fingerprint density at radius 2 is 1.91 bits per heavy atom. The van der Waals surface area contributed by atoms with Gasteiger partial charge in [-0.05, 0) is 55.8 Å². The van der Waals surface area contributed by atoms with Crippen molar-refractivity contribution in [1.29, 1.82) is 0 Å². The minimum atomic E-state index is -0.498. The number of aryl methyl sites for hydroxylation is 1. The first kappa shape index (κ1) is 21.9. The molecule has 6 nitrogen and oxygen atoms in total. The number of amides is 1. The Bertz CT molecular complexity index is 1290. The number of amidine groups is 1. The number of aliphatic imine (C=N–C) groups is 1. The highest BCUT2D eigenvalue weighted by Crippen LogP contribution is 2.40. The first-order chi connectivity index (χ1) is 16.4. The molecule has 1 atom stereocenters. The molecule has 2 aliphatic rings. The summed E-state index contributed by atoms with van der Waals surface area (Å²) in [5, 5.41) is 0. The van der Waals surface area contributed by atoms with Crippen molar-refractivity contribution in [3.05, 3.63) is 83.2 Å². The number of ether oxygens (including phenoxy) is 2. The van der Waals surface area contributed by atoms with Crippen LogP contribution in [0.4, 0.5) is 10.1 Å². The highest BCUT2D eigenvalue weighted by molar-refractivity contribution is 6.04. The zero-order valence-corrected chi connectivity index (χ0v) is 19.4. The molecule has 0 unspecified atom stereocenters. The van der Waals surface area contributed by atoms with E-state index in [1.165, 1.54) is 12.1 Å². The summed E-state index contributed by atoms with van der Waals surface area (Å²) in [6.45, 7) is 5.58. The van der Waals surface area contributed by atoms with E-state index in [4.69, 9.17) is 14.5 Å². The van der Waals surface area contributed by atoms with Crippen LogP contribution in [0.2, 0.25) is 0 Å². The predicted octanol–water partition coefficient (Wildman–Crippen LogP) is 5.17. The maximum Gasteiger partial charge on any atom is 0.257 e. The molecule has 2 heterocycles. The fourth-order valence-corrected chi connectivity index (χ4v) is 4.47. The molecule has 0 bridgehead atoms. The molecule has 5 rings (SSSR count). The van der Waals surface area contributed by atoms with Gasteiger partial charge in [-0.1, -0.05) is 18.2 Å². The van der Waals surface area contributed by atoms with Crippen molar-refractivity contribution in [3.63, 3.8) is 0 Å². The number of hydrogen-bond donors (Lipinski definition) is 0. The molecule has 0 saturated carbocycles. The molecule has 0 N–H and O–H groups in total. The monoisotopic (exact) mass is 459 g/mol. The Balaban J connectivity index is 1.48. The SMILES string of the molecule is COc1ccc2c(c1)Oc1cc(C)ccc1N=C2N1CCN(C(=O)c2ccccc2F)[C@H](C)C1. The predicted molar refractivity (Wildman–Crippen MR) is 129 cm³/mol.